The maximum absolute atomic E-state index is 11.9. The summed E-state index contributed by atoms with van der Waals surface area (Å²) in [6.45, 7) is 8.07. The van der Waals surface area contributed by atoms with E-state index in [0.29, 0.717) is 13.0 Å². The quantitative estimate of drug-likeness (QED) is 0.705. The number of hydrogen-bond acceptors (Lipinski definition) is 5. The van der Waals surface area contributed by atoms with Gasteiger partial charge in [-0.05, 0) is 26.8 Å². The number of carbonyl (C=O) groups excluding carboxylic acids is 1. The van der Waals surface area contributed by atoms with Crippen LogP contribution >= 0.6 is 0 Å². The summed E-state index contributed by atoms with van der Waals surface area (Å²) in [4.78, 5) is 16.8. The molecule has 0 aromatic rings. The lowest BCUT2D eigenvalue weighted by atomic mass is 9.84. The SMILES string of the molecule is CCOC(=O)CC1(N2CCN(C)CC2)CCOCC1. The molecule has 5 nitrogen and oxygen atoms in total. The molecule has 0 bridgehead atoms. The molecule has 2 aliphatic rings. The second-order valence-electron chi connectivity index (χ2n) is 5.61. The second kappa shape index (κ2) is 6.68. The lowest BCUT2D eigenvalue weighted by Gasteiger charge is -2.48. The fourth-order valence-electron chi connectivity index (χ4n) is 3.12. The van der Waals surface area contributed by atoms with Gasteiger partial charge in [0, 0.05) is 44.9 Å². The van der Waals surface area contributed by atoms with E-state index in [-0.39, 0.29) is 11.5 Å². The molecule has 0 spiro atoms. The molecule has 0 aromatic carbocycles. The predicted molar refractivity (Wildman–Crippen MR) is 73.1 cm³/mol. The van der Waals surface area contributed by atoms with Crippen molar-refractivity contribution in [2.75, 3.05) is 53.0 Å². The van der Waals surface area contributed by atoms with Crippen molar-refractivity contribution in [2.24, 2.45) is 0 Å². The molecule has 2 rings (SSSR count). The zero-order valence-corrected chi connectivity index (χ0v) is 12.2. The molecule has 110 valence electrons. The van der Waals surface area contributed by atoms with Crippen molar-refractivity contribution in [1.82, 2.24) is 9.80 Å². The van der Waals surface area contributed by atoms with E-state index in [0.717, 1.165) is 52.2 Å². The number of piperazine rings is 1. The van der Waals surface area contributed by atoms with E-state index in [1.165, 1.54) is 0 Å². The Kier molecular flexibility index (Phi) is 5.19. The summed E-state index contributed by atoms with van der Waals surface area (Å²) in [7, 11) is 2.15. The molecule has 0 amide bonds. The van der Waals surface area contributed by atoms with E-state index in [2.05, 4.69) is 16.8 Å². The summed E-state index contributed by atoms with van der Waals surface area (Å²) in [5, 5.41) is 0. The number of likely N-dealkylation sites (N-methyl/N-ethyl adjacent to an activating group) is 1. The van der Waals surface area contributed by atoms with Gasteiger partial charge in [-0.1, -0.05) is 0 Å². The molecule has 0 N–H and O–H groups in total. The van der Waals surface area contributed by atoms with Gasteiger partial charge >= 0.3 is 5.97 Å². The predicted octanol–water partition coefficient (Wildman–Crippen LogP) is 0.736. The van der Waals surface area contributed by atoms with Crippen LogP contribution in [-0.2, 0) is 14.3 Å². The number of nitrogens with zero attached hydrogens (tertiary/aromatic N) is 2. The molecule has 2 heterocycles. The fraction of sp³-hybridized carbons (Fsp3) is 0.929. The third-order valence-corrected chi connectivity index (χ3v) is 4.38. The Morgan fingerprint density at radius 2 is 1.84 bits per heavy atom. The van der Waals surface area contributed by atoms with Gasteiger partial charge in [-0.25, -0.2) is 0 Å². The highest BCUT2D eigenvalue weighted by Gasteiger charge is 2.41. The average Bonchev–Trinajstić information content (AvgIpc) is 2.40. The molecule has 0 saturated carbocycles. The van der Waals surface area contributed by atoms with Crippen LogP contribution in [0.5, 0.6) is 0 Å². The minimum Gasteiger partial charge on any atom is -0.466 e. The number of ether oxygens (including phenoxy) is 2. The molecule has 0 aromatic heterocycles. The van der Waals surface area contributed by atoms with Crippen LogP contribution < -0.4 is 0 Å². The van der Waals surface area contributed by atoms with E-state index in [9.17, 15) is 4.79 Å². The highest BCUT2D eigenvalue weighted by atomic mass is 16.5. The number of rotatable bonds is 4. The summed E-state index contributed by atoms with van der Waals surface area (Å²) in [6.07, 6.45) is 2.39. The summed E-state index contributed by atoms with van der Waals surface area (Å²) < 4.78 is 10.7. The van der Waals surface area contributed by atoms with E-state index in [1.54, 1.807) is 0 Å². The van der Waals surface area contributed by atoms with Gasteiger partial charge in [-0.3, -0.25) is 9.69 Å². The molecule has 0 unspecified atom stereocenters. The largest absolute Gasteiger partial charge is 0.466 e. The number of carbonyl (C=O) groups is 1. The van der Waals surface area contributed by atoms with Crippen molar-refractivity contribution >= 4 is 5.97 Å². The van der Waals surface area contributed by atoms with E-state index >= 15 is 0 Å². The monoisotopic (exact) mass is 270 g/mol. The van der Waals surface area contributed by atoms with Crippen LogP contribution in [0.4, 0.5) is 0 Å². The highest BCUT2D eigenvalue weighted by Crippen LogP contribution is 2.32. The van der Waals surface area contributed by atoms with Gasteiger partial charge in [0.15, 0.2) is 0 Å². The Bertz CT molecular complexity index is 295. The van der Waals surface area contributed by atoms with Crippen molar-refractivity contribution in [3.8, 4) is 0 Å². The Morgan fingerprint density at radius 3 is 2.42 bits per heavy atom. The topological polar surface area (TPSA) is 42.0 Å². The molecular weight excluding hydrogens is 244 g/mol. The number of hydrogen-bond donors (Lipinski definition) is 0. The van der Waals surface area contributed by atoms with E-state index in [1.807, 2.05) is 6.92 Å². The van der Waals surface area contributed by atoms with Crippen molar-refractivity contribution < 1.29 is 14.3 Å². The van der Waals surface area contributed by atoms with Crippen LogP contribution in [0.3, 0.4) is 0 Å². The number of esters is 1. The molecule has 19 heavy (non-hydrogen) atoms. The lowest BCUT2D eigenvalue weighted by Crippen LogP contribution is -2.59. The molecule has 2 fully saturated rings. The minimum absolute atomic E-state index is 0.0359. The highest BCUT2D eigenvalue weighted by molar-refractivity contribution is 5.71. The van der Waals surface area contributed by atoms with E-state index in [4.69, 9.17) is 9.47 Å². The van der Waals surface area contributed by atoms with Gasteiger partial charge in [0.1, 0.15) is 0 Å². The summed E-state index contributed by atoms with van der Waals surface area (Å²) >= 11 is 0. The van der Waals surface area contributed by atoms with Crippen molar-refractivity contribution in [3.63, 3.8) is 0 Å². The Balaban J connectivity index is 2.03. The van der Waals surface area contributed by atoms with Gasteiger partial charge in [0.05, 0.1) is 13.0 Å². The Labute approximate surface area is 115 Å². The standard InChI is InChI=1S/C14H26N2O3/c1-3-19-13(17)12-14(4-10-18-11-5-14)16-8-6-15(2)7-9-16/h3-12H2,1-2H3. The van der Waals surface area contributed by atoms with Crippen LogP contribution in [0.2, 0.25) is 0 Å². The van der Waals surface area contributed by atoms with Gasteiger partial charge in [0.2, 0.25) is 0 Å². The van der Waals surface area contributed by atoms with Crippen molar-refractivity contribution in [1.29, 1.82) is 0 Å². The first kappa shape index (κ1) is 14.8. The molecule has 0 aliphatic carbocycles. The third kappa shape index (κ3) is 3.68. The van der Waals surface area contributed by atoms with Crippen molar-refractivity contribution in [2.45, 2.75) is 31.7 Å². The molecular formula is C14H26N2O3. The maximum Gasteiger partial charge on any atom is 0.307 e. The molecule has 0 atom stereocenters. The van der Waals surface area contributed by atoms with Crippen LogP contribution in [0, 0.1) is 0 Å². The van der Waals surface area contributed by atoms with Crippen LogP contribution in [0.15, 0.2) is 0 Å². The summed E-state index contributed by atoms with van der Waals surface area (Å²) in [6, 6.07) is 0. The normalized spacial score (nSPS) is 25.2. The third-order valence-electron chi connectivity index (χ3n) is 4.38. The molecule has 2 aliphatic heterocycles. The fourth-order valence-corrected chi connectivity index (χ4v) is 3.12. The van der Waals surface area contributed by atoms with Gasteiger partial charge in [-0.15, -0.1) is 0 Å². The summed E-state index contributed by atoms with van der Waals surface area (Å²) in [5.74, 6) is -0.0664. The van der Waals surface area contributed by atoms with E-state index < -0.39 is 0 Å². The Morgan fingerprint density at radius 1 is 1.21 bits per heavy atom. The molecule has 0 radical (unpaired) electrons. The second-order valence-corrected chi connectivity index (χ2v) is 5.61. The first-order chi connectivity index (χ1) is 9.16. The minimum atomic E-state index is -0.0664. The Hall–Kier alpha value is -0.650. The van der Waals surface area contributed by atoms with Gasteiger partial charge in [-0.2, -0.15) is 0 Å². The van der Waals surface area contributed by atoms with Crippen LogP contribution in [-0.4, -0.2) is 74.4 Å². The maximum atomic E-state index is 11.9. The first-order valence-electron chi connectivity index (χ1n) is 7.33. The van der Waals surface area contributed by atoms with Crippen LogP contribution in [0.25, 0.3) is 0 Å². The summed E-state index contributed by atoms with van der Waals surface area (Å²) in [5.41, 5.74) is -0.0359. The smallest absolute Gasteiger partial charge is 0.307 e. The van der Waals surface area contributed by atoms with Gasteiger partial charge in [0.25, 0.3) is 0 Å². The first-order valence-corrected chi connectivity index (χ1v) is 7.33. The lowest BCUT2D eigenvalue weighted by molar-refractivity contribution is -0.149. The molecule has 5 heteroatoms. The van der Waals surface area contributed by atoms with Crippen molar-refractivity contribution in [3.05, 3.63) is 0 Å². The molecule has 2 saturated heterocycles. The zero-order valence-electron chi connectivity index (χ0n) is 12.2. The average molecular weight is 270 g/mol. The zero-order chi connectivity index (χ0) is 13.7. The van der Waals surface area contributed by atoms with Gasteiger partial charge < -0.3 is 14.4 Å². The van der Waals surface area contributed by atoms with Crippen LogP contribution in [0.1, 0.15) is 26.2 Å².